The maximum Gasteiger partial charge on any atom is 0.227 e. The van der Waals surface area contributed by atoms with Crippen LogP contribution in [0.25, 0.3) is 0 Å². The fourth-order valence-electron chi connectivity index (χ4n) is 2.30. The van der Waals surface area contributed by atoms with Gasteiger partial charge in [-0.1, -0.05) is 6.92 Å². The third-order valence-corrected chi connectivity index (χ3v) is 3.66. The predicted octanol–water partition coefficient (Wildman–Crippen LogP) is 2.48. The number of ether oxygens (including phenoxy) is 1. The van der Waals surface area contributed by atoms with E-state index < -0.39 is 0 Å². The molecule has 1 fully saturated rings. The summed E-state index contributed by atoms with van der Waals surface area (Å²) in [5, 5.41) is 0. The van der Waals surface area contributed by atoms with Crippen LogP contribution in [0.15, 0.2) is 23.1 Å². The van der Waals surface area contributed by atoms with Crippen molar-refractivity contribution in [1.82, 2.24) is 0 Å². The maximum atomic E-state index is 12.0. The Hall–Kier alpha value is -1.20. The van der Waals surface area contributed by atoms with Crippen molar-refractivity contribution >= 4 is 29.9 Å². The summed E-state index contributed by atoms with van der Waals surface area (Å²) in [6.07, 6.45) is 2.41. The second-order valence-corrected chi connectivity index (χ2v) is 5.26. The van der Waals surface area contributed by atoms with Gasteiger partial charge in [-0.3, -0.25) is 4.79 Å². The van der Waals surface area contributed by atoms with Crippen LogP contribution in [0.1, 0.15) is 26.2 Å². The van der Waals surface area contributed by atoms with E-state index in [0.717, 1.165) is 25.1 Å². The van der Waals surface area contributed by atoms with Crippen LogP contribution < -0.4 is 10.6 Å². The number of carbonyl (C=O) groups excluding carboxylic acids is 1. The standard InChI is InChI=1S/C14H20N2O2S/c1-2-7-18-9-11-4-6-14(17)16(11)10-3-5-12(15)13(19)8-10/h3,5,8,11,19H,2,4,6-7,9,15H2,1H3. The normalized spacial score (nSPS) is 19.2. The van der Waals surface area contributed by atoms with Gasteiger partial charge >= 0.3 is 0 Å². The Kier molecular flexibility index (Phi) is 4.71. The molecule has 1 aliphatic rings. The molecule has 2 N–H and O–H groups in total. The third-order valence-electron chi connectivity index (χ3n) is 3.28. The van der Waals surface area contributed by atoms with Crippen molar-refractivity contribution in [3.8, 4) is 0 Å². The van der Waals surface area contributed by atoms with E-state index in [1.54, 1.807) is 6.07 Å². The number of nitrogen functional groups attached to an aromatic ring is 1. The van der Waals surface area contributed by atoms with Gasteiger partial charge in [-0.25, -0.2) is 0 Å². The number of carbonyl (C=O) groups is 1. The average molecular weight is 280 g/mol. The third kappa shape index (κ3) is 3.22. The van der Waals surface area contributed by atoms with E-state index in [0.29, 0.717) is 23.6 Å². The van der Waals surface area contributed by atoms with E-state index in [1.807, 2.05) is 17.0 Å². The molecule has 1 saturated heterocycles. The fourth-order valence-corrected chi connectivity index (χ4v) is 2.51. The van der Waals surface area contributed by atoms with E-state index in [4.69, 9.17) is 10.5 Å². The van der Waals surface area contributed by atoms with Crippen molar-refractivity contribution in [2.45, 2.75) is 37.1 Å². The van der Waals surface area contributed by atoms with Gasteiger partial charge in [0.25, 0.3) is 0 Å². The number of amides is 1. The average Bonchev–Trinajstić information content (AvgIpc) is 2.75. The Morgan fingerprint density at radius 1 is 1.53 bits per heavy atom. The lowest BCUT2D eigenvalue weighted by Crippen LogP contribution is -2.36. The predicted molar refractivity (Wildman–Crippen MR) is 79.7 cm³/mol. The number of rotatable bonds is 5. The summed E-state index contributed by atoms with van der Waals surface area (Å²) < 4.78 is 5.58. The number of hydrogen-bond donors (Lipinski definition) is 2. The Morgan fingerprint density at radius 3 is 3.00 bits per heavy atom. The lowest BCUT2D eigenvalue weighted by Gasteiger charge is -2.25. The van der Waals surface area contributed by atoms with Crippen LogP contribution in [0.4, 0.5) is 11.4 Å². The van der Waals surface area contributed by atoms with Crippen LogP contribution in [-0.2, 0) is 9.53 Å². The highest BCUT2D eigenvalue weighted by Crippen LogP contribution is 2.30. The lowest BCUT2D eigenvalue weighted by atomic mass is 10.2. The zero-order valence-corrected chi connectivity index (χ0v) is 12.0. The molecule has 1 atom stereocenters. The number of nitrogens with zero attached hydrogens (tertiary/aromatic N) is 1. The molecule has 5 heteroatoms. The molecule has 0 bridgehead atoms. The van der Waals surface area contributed by atoms with Crippen molar-refractivity contribution in [3.05, 3.63) is 18.2 Å². The number of benzene rings is 1. The first-order valence-electron chi connectivity index (χ1n) is 6.61. The number of thiol groups is 1. The lowest BCUT2D eigenvalue weighted by molar-refractivity contribution is -0.117. The Bertz CT molecular complexity index is 465. The van der Waals surface area contributed by atoms with Crippen molar-refractivity contribution < 1.29 is 9.53 Å². The quantitative estimate of drug-likeness (QED) is 0.495. The molecule has 0 saturated carbocycles. The molecule has 1 aromatic rings. The highest BCUT2D eigenvalue weighted by atomic mass is 32.1. The van der Waals surface area contributed by atoms with Crippen molar-refractivity contribution in [1.29, 1.82) is 0 Å². The molecule has 0 aromatic heterocycles. The molecule has 1 heterocycles. The molecule has 104 valence electrons. The summed E-state index contributed by atoms with van der Waals surface area (Å²) in [6, 6.07) is 5.61. The molecule has 1 aromatic carbocycles. The largest absolute Gasteiger partial charge is 0.398 e. The summed E-state index contributed by atoms with van der Waals surface area (Å²) in [4.78, 5) is 14.5. The van der Waals surface area contributed by atoms with Gasteiger partial charge < -0.3 is 15.4 Å². The smallest absolute Gasteiger partial charge is 0.227 e. The topological polar surface area (TPSA) is 55.6 Å². The summed E-state index contributed by atoms with van der Waals surface area (Å²) in [5.74, 6) is 0.141. The Morgan fingerprint density at radius 2 is 2.32 bits per heavy atom. The molecule has 4 nitrogen and oxygen atoms in total. The minimum absolute atomic E-state index is 0.121. The molecule has 1 amide bonds. The van der Waals surface area contributed by atoms with Gasteiger partial charge in [0.15, 0.2) is 0 Å². The highest BCUT2D eigenvalue weighted by molar-refractivity contribution is 7.80. The van der Waals surface area contributed by atoms with Gasteiger partial charge in [0.05, 0.1) is 12.6 Å². The first-order chi connectivity index (χ1) is 9.13. The summed E-state index contributed by atoms with van der Waals surface area (Å²) in [5.41, 5.74) is 7.23. The first-order valence-corrected chi connectivity index (χ1v) is 7.06. The Balaban J connectivity index is 2.14. The van der Waals surface area contributed by atoms with Gasteiger partial charge in [0.2, 0.25) is 5.91 Å². The van der Waals surface area contributed by atoms with Gasteiger partial charge in [0.1, 0.15) is 0 Å². The van der Waals surface area contributed by atoms with E-state index in [-0.39, 0.29) is 11.9 Å². The number of nitrogens with two attached hydrogens (primary N) is 1. The van der Waals surface area contributed by atoms with E-state index >= 15 is 0 Å². The fraction of sp³-hybridized carbons (Fsp3) is 0.500. The van der Waals surface area contributed by atoms with Crippen LogP contribution in [-0.4, -0.2) is 25.2 Å². The SMILES string of the molecule is CCCOCC1CCC(=O)N1c1ccc(N)c(S)c1. The molecule has 1 aliphatic heterocycles. The molecule has 0 aliphatic carbocycles. The van der Waals surface area contributed by atoms with Gasteiger partial charge in [-0.2, -0.15) is 0 Å². The molecular formula is C14H20N2O2S. The second-order valence-electron chi connectivity index (χ2n) is 4.77. The molecular weight excluding hydrogens is 260 g/mol. The van der Waals surface area contributed by atoms with Gasteiger partial charge in [-0.15, -0.1) is 12.6 Å². The van der Waals surface area contributed by atoms with Crippen LogP contribution in [0, 0.1) is 0 Å². The zero-order chi connectivity index (χ0) is 13.8. The van der Waals surface area contributed by atoms with Gasteiger partial charge in [-0.05, 0) is 31.0 Å². The minimum Gasteiger partial charge on any atom is -0.398 e. The van der Waals surface area contributed by atoms with Gasteiger partial charge in [0, 0.05) is 29.3 Å². The van der Waals surface area contributed by atoms with Crippen LogP contribution in [0.3, 0.4) is 0 Å². The summed E-state index contributed by atoms with van der Waals surface area (Å²) >= 11 is 4.31. The molecule has 19 heavy (non-hydrogen) atoms. The van der Waals surface area contributed by atoms with Crippen molar-refractivity contribution in [3.63, 3.8) is 0 Å². The molecule has 0 spiro atoms. The van der Waals surface area contributed by atoms with Crippen LogP contribution >= 0.6 is 12.6 Å². The number of anilines is 2. The van der Waals surface area contributed by atoms with E-state index in [9.17, 15) is 4.79 Å². The molecule has 2 rings (SSSR count). The van der Waals surface area contributed by atoms with E-state index in [2.05, 4.69) is 19.6 Å². The molecule has 0 radical (unpaired) electrons. The molecule has 1 unspecified atom stereocenters. The van der Waals surface area contributed by atoms with Crippen LogP contribution in [0.2, 0.25) is 0 Å². The summed E-state index contributed by atoms with van der Waals surface area (Å²) in [6.45, 7) is 3.40. The number of hydrogen-bond acceptors (Lipinski definition) is 4. The summed E-state index contributed by atoms with van der Waals surface area (Å²) in [7, 11) is 0. The minimum atomic E-state index is 0.121. The van der Waals surface area contributed by atoms with Crippen LogP contribution in [0.5, 0.6) is 0 Å². The first kappa shape index (κ1) is 14.2. The highest BCUT2D eigenvalue weighted by Gasteiger charge is 2.32. The maximum absolute atomic E-state index is 12.0. The monoisotopic (exact) mass is 280 g/mol. The second kappa shape index (κ2) is 6.30. The van der Waals surface area contributed by atoms with Crippen molar-refractivity contribution in [2.75, 3.05) is 23.8 Å². The zero-order valence-electron chi connectivity index (χ0n) is 11.1. The van der Waals surface area contributed by atoms with E-state index in [1.165, 1.54) is 0 Å². The Labute approximate surface area is 119 Å². The van der Waals surface area contributed by atoms with Crippen molar-refractivity contribution in [2.24, 2.45) is 0 Å².